The number of nitrogens with zero attached hydrogens (tertiary/aromatic N) is 1. The van der Waals surface area contributed by atoms with Crippen LogP contribution in [0.25, 0.3) is 6.08 Å². The predicted molar refractivity (Wildman–Crippen MR) is 78.7 cm³/mol. The Morgan fingerprint density at radius 2 is 2.10 bits per heavy atom. The summed E-state index contributed by atoms with van der Waals surface area (Å²) in [5, 5.41) is 9.58. The quantitative estimate of drug-likeness (QED) is 0.840. The van der Waals surface area contributed by atoms with Gasteiger partial charge in [0.05, 0.1) is 7.11 Å². The summed E-state index contributed by atoms with van der Waals surface area (Å²) in [7, 11) is 1.60. The molecule has 0 saturated heterocycles. The first-order valence-electron chi connectivity index (χ1n) is 6.25. The predicted octanol–water partition coefficient (Wildman–Crippen LogP) is 2.69. The lowest BCUT2D eigenvalue weighted by Crippen LogP contribution is -2.09. The van der Waals surface area contributed by atoms with Gasteiger partial charge in [0, 0.05) is 22.9 Å². The molecule has 0 spiro atoms. The number of methoxy groups -OCH3 is 1. The minimum absolute atomic E-state index is 0.231. The average molecular weight is 271 g/mol. The first kappa shape index (κ1) is 13.9. The highest BCUT2D eigenvalue weighted by molar-refractivity contribution is 6.01. The third kappa shape index (κ3) is 3.06. The molecule has 0 aliphatic heterocycles. The van der Waals surface area contributed by atoms with E-state index in [1.165, 1.54) is 6.08 Å². The van der Waals surface area contributed by atoms with E-state index in [0.717, 1.165) is 22.6 Å². The number of hydrogen-bond donors (Lipinski definition) is 2. The van der Waals surface area contributed by atoms with Crippen LogP contribution in [0.15, 0.2) is 30.3 Å². The van der Waals surface area contributed by atoms with Crippen LogP contribution in [0, 0.1) is 13.8 Å². The molecule has 2 aromatic rings. The van der Waals surface area contributed by atoms with Gasteiger partial charge in [0.25, 0.3) is 0 Å². The van der Waals surface area contributed by atoms with Crippen LogP contribution < -0.4 is 10.1 Å². The zero-order chi connectivity index (χ0) is 14.5. The summed E-state index contributed by atoms with van der Waals surface area (Å²) in [6.45, 7) is 3.81. The molecule has 1 aromatic heterocycles. The fourth-order valence-corrected chi connectivity index (χ4v) is 1.73. The maximum absolute atomic E-state index is 11.9. The zero-order valence-electron chi connectivity index (χ0n) is 11.7. The van der Waals surface area contributed by atoms with E-state index in [4.69, 9.17) is 4.74 Å². The Labute approximate surface area is 117 Å². The normalized spacial score (nSPS) is 10.8. The maximum Gasteiger partial charge on any atom is 0.249 e. The number of rotatable bonds is 4. The van der Waals surface area contributed by atoms with Crippen molar-refractivity contribution in [2.24, 2.45) is 0 Å². The molecular formula is C15H17N3O2. The topological polar surface area (TPSA) is 67.0 Å². The van der Waals surface area contributed by atoms with E-state index in [1.54, 1.807) is 13.2 Å². The molecule has 0 radical (unpaired) electrons. The van der Waals surface area contributed by atoms with Crippen molar-refractivity contribution in [3.05, 3.63) is 47.2 Å². The Kier molecular flexibility index (Phi) is 4.20. The van der Waals surface area contributed by atoms with E-state index in [2.05, 4.69) is 15.5 Å². The molecule has 0 fully saturated rings. The van der Waals surface area contributed by atoms with Crippen LogP contribution >= 0.6 is 0 Å². The minimum Gasteiger partial charge on any atom is -0.496 e. The standard InChI is InChI=1S/C15H17N3O2/c1-10-11(2)17-18-15(10)16-14(19)9-8-12-6-4-5-7-13(12)20-3/h4-9H,1-3H3,(H2,16,17,18,19)/b9-8+. The summed E-state index contributed by atoms with van der Waals surface area (Å²) >= 11 is 0. The molecule has 1 amide bonds. The lowest BCUT2D eigenvalue weighted by molar-refractivity contribution is -0.111. The van der Waals surface area contributed by atoms with Crippen molar-refractivity contribution in [2.75, 3.05) is 12.4 Å². The molecule has 2 rings (SSSR count). The van der Waals surface area contributed by atoms with E-state index in [1.807, 2.05) is 38.1 Å². The van der Waals surface area contributed by atoms with Gasteiger partial charge in [-0.25, -0.2) is 0 Å². The number of carbonyl (C=O) groups excluding carboxylic acids is 1. The smallest absolute Gasteiger partial charge is 0.249 e. The van der Waals surface area contributed by atoms with E-state index >= 15 is 0 Å². The van der Waals surface area contributed by atoms with Gasteiger partial charge in [-0.3, -0.25) is 9.89 Å². The van der Waals surface area contributed by atoms with Crippen LogP contribution in [0.3, 0.4) is 0 Å². The number of para-hydroxylation sites is 1. The molecule has 1 heterocycles. The average Bonchev–Trinajstić information content (AvgIpc) is 2.77. The van der Waals surface area contributed by atoms with E-state index in [0.29, 0.717) is 5.82 Å². The van der Waals surface area contributed by atoms with Gasteiger partial charge in [-0.1, -0.05) is 18.2 Å². The number of amides is 1. The first-order chi connectivity index (χ1) is 9.61. The fourth-order valence-electron chi connectivity index (χ4n) is 1.73. The SMILES string of the molecule is COc1ccccc1/C=C/C(=O)Nc1n[nH]c(C)c1C. The Balaban J connectivity index is 2.08. The lowest BCUT2D eigenvalue weighted by Gasteiger charge is -2.03. The van der Waals surface area contributed by atoms with Gasteiger partial charge >= 0.3 is 0 Å². The Bertz CT molecular complexity index is 644. The Hall–Kier alpha value is -2.56. The van der Waals surface area contributed by atoms with Crippen molar-refractivity contribution in [3.63, 3.8) is 0 Å². The van der Waals surface area contributed by atoms with Crippen LogP contribution in [0.4, 0.5) is 5.82 Å². The van der Waals surface area contributed by atoms with Crippen molar-refractivity contribution in [2.45, 2.75) is 13.8 Å². The van der Waals surface area contributed by atoms with Gasteiger partial charge in [0.15, 0.2) is 5.82 Å². The number of carbonyl (C=O) groups is 1. The van der Waals surface area contributed by atoms with Crippen molar-refractivity contribution in [1.82, 2.24) is 10.2 Å². The van der Waals surface area contributed by atoms with Crippen LogP contribution in [0.1, 0.15) is 16.8 Å². The summed E-state index contributed by atoms with van der Waals surface area (Å²) in [6.07, 6.45) is 3.17. The molecule has 0 bridgehead atoms. The van der Waals surface area contributed by atoms with Gasteiger partial charge in [-0.15, -0.1) is 0 Å². The molecule has 5 heteroatoms. The molecule has 0 unspecified atom stereocenters. The number of aryl methyl sites for hydroxylation is 1. The number of benzene rings is 1. The Morgan fingerprint density at radius 1 is 1.35 bits per heavy atom. The number of ether oxygens (including phenoxy) is 1. The summed E-state index contributed by atoms with van der Waals surface area (Å²) < 4.78 is 5.22. The lowest BCUT2D eigenvalue weighted by atomic mass is 10.2. The minimum atomic E-state index is -0.231. The summed E-state index contributed by atoms with van der Waals surface area (Å²) in [5.41, 5.74) is 2.72. The molecule has 0 atom stereocenters. The second-order valence-electron chi connectivity index (χ2n) is 4.39. The number of nitrogens with one attached hydrogen (secondary N) is 2. The van der Waals surface area contributed by atoms with Gasteiger partial charge < -0.3 is 10.1 Å². The highest BCUT2D eigenvalue weighted by Gasteiger charge is 2.07. The highest BCUT2D eigenvalue weighted by Crippen LogP contribution is 2.19. The molecule has 5 nitrogen and oxygen atoms in total. The third-order valence-corrected chi connectivity index (χ3v) is 3.05. The van der Waals surface area contributed by atoms with Gasteiger partial charge in [-0.05, 0) is 26.0 Å². The molecule has 1 aromatic carbocycles. The molecule has 104 valence electrons. The number of anilines is 1. The fraction of sp³-hybridized carbons (Fsp3) is 0.200. The van der Waals surface area contributed by atoms with E-state index in [9.17, 15) is 4.79 Å². The van der Waals surface area contributed by atoms with E-state index in [-0.39, 0.29) is 5.91 Å². The molecular weight excluding hydrogens is 254 g/mol. The number of aromatic nitrogens is 2. The summed E-state index contributed by atoms with van der Waals surface area (Å²) in [6, 6.07) is 7.50. The van der Waals surface area contributed by atoms with Crippen molar-refractivity contribution in [1.29, 1.82) is 0 Å². The van der Waals surface area contributed by atoms with Crippen LogP contribution in [-0.2, 0) is 4.79 Å². The van der Waals surface area contributed by atoms with Crippen molar-refractivity contribution >= 4 is 17.8 Å². The largest absolute Gasteiger partial charge is 0.496 e. The molecule has 0 aliphatic rings. The zero-order valence-corrected chi connectivity index (χ0v) is 11.7. The van der Waals surface area contributed by atoms with Gasteiger partial charge in [0.1, 0.15) is 5.75 Å². The van der Waals surface area contributed by atoms with Crippen LogP contribution in [0.5, 0.6) is 5.75 Å². The maximum atomic E-state index is 11.9. The molecule has 0 aliphatic carbocycles. The second-order valence-corrected chi connectivity index (χ2v) is 4.39. The number of hydrogen-bond acceptors (Lipinski definition) is 3. The monoisotopic (exact) mass is 271 g/mol. The molecule has 2 N–H and O–H groups in total. The first-order valence-corrected chi connectivity index (χ1v) is 6.25. The van der Waals surface area contributed by atoms with Gasteiger partial charge in [0.2, 0.25) is 5.91 Å². The van der Waals surface area contributed by atoms with Crippen LogP contribution in [0.2, 0.25) is 0 Å². The third-order valence-electron chi connectivity index (χ3n) is 3.05. The van der Waals surface area contributed by atoms with E-state index < -0.39 is 0 Å². The highest BCUT2D eigenvalue weighted by atomic mass is 16.5. The summed E-state index contributed by atoms with van der Waals surface area (Å²) in [4.78, 5) is 11.9. The molecule has 20 heavy (non-hydrogen) atoms. The van der Waals surface area contributed by atoms with Crippen molar-refractivity contribution in [3.8, 4) is 5.75 Å². The van der Waals surface area contributed by atoms with Crippen molar-refractivity contribution < 1.29 is 9.53 Å². The second kappa shape index (κ2) is 6.06. The molecule has 0 saturated carbocycles. The van der Waals surface area contributed by atoms with Crippen LogP contribution in [-0.4, -0.2) is 23.2 Å². The number of aromatic amines is 1. The number of H-pyrrole nitrogens is 1. The Morgan fingerprint density at radius 3 is 2.75 bits per heavy atom. The summed E-state index contributed by atoms with van der Waals surface area (Å²) in [5.74, 6) is 1.05. The van der Waals surface area contributed by atoms with Gasteiger partial charge in [-0.2, -0.15) is 5.10 Å².